The van der Waals surface area contributed by atoms with Crippen molar-refractivity contribution in [1.29, 1.82) is 0 Å². The number of para-hydroxylation sites is 1. The van der Waals surface area contributed by atoms with Crippen LogP contribution in [0, 0.1) is 6.92 Å². The van der Waals surface area contributed by atoms with E-state index in [0.717, 1.165) is 22.8 Å². The van der Waals surface area contributed by atoms with Crippen molar-refractivity contribution in [3.05, 3.63) is 84.3 Å². The maximum atomic E-state index is 11.9. The maximum Gasteiger partial charge on any atom is 0.250 e. The summed E-state index contributed by atoms with van der Waals surface area (Å²) < 4.78 is 5.37. The van der Waals surface area contributed by atoms with E-state index < -0.39 is 0 Å². The Morgan fingerprint density at radius 2 is 1.59 bits per heavy atom. The van der Waals surface area contributed by atoms with Crippen LogP contribution in [0.3, 0.4) is 0 Å². The Morgan fingerprint density at radius 3 is 2.26 bits per heavy atom. The molecule has 0 fully saturated rings. The van der Waals surface area contributed by atoms with Gasteiger partial charge in [0.1, 0.15) is 11.5 Å². The number of benzene rings is 2. The van der Waals surface area contributed by atoms with E-state index in [-0.39, 0.29) is 11.0 Å². The second kappa shape index (κ2) is 8.82. The zero-order valence-corrected chi connectivity index (χ0v) is 15.5. The summed E-state index contributed by atoms with van der Waals surface area (Å²) >= 11 is 5.17. The number of rotatable bonds is 5. The van der Waals surface area contributed by atoms with Gasteiger partial charge in [-0.25, -0.2) is 0 Å². The minimum Gasteiger partial charge on any atom is -0.462 e. The van der Waals surface area contributed by atoms with Crippen molar-refractivity contribution < 1.29 is 9.21 Å². The molecule has 0 unspecified atom stereocenters. The first kappa shape index (κ1) is 18.4. The summed E-state index contributed by atoms with van der Waals surface area (Å²) in [6, 6.07) is 21.2. The zero-order valence-electron chi connectivity index (χ0n) is 14.7. The molecule has 5 nitrogen and oxygen atoms in total. The molecule has 6 heteroatoms. The first-order chi connectivity index (χ1) is 13.1. The number of furan rings is 1. The topological polar surface area (TPSA) is 66.3 Å². The summed E-state index contributed by atoms with van der Waals surface area (Å²) in [7, 11) is 0. The average Bonchev–Trinajstić information content (AvgIpc) is 3.08. The van der Waals surface area contributed by atoms with E-state index >= 15 is 0 Å². The Bertz CT molecular complexity index is 947. The van der Waals surface area contributed by atoms with Gasteiger partial charge in [0.15, 0.2) is 5.11 Å². The number of thiocarbonyl (C=S) groups is 1. The summed E-state index contributed by atoms with van der Waals surface area (Å²) in [5, 5.41) is 9.11. The lowest BCUT2D eigenvalue weighted by molar-refractivity contribution is -0.115. The van der Waals surface area contributed by atoms with Crippen molar-refractivity contribution in [2.75, 3.05) is 10.6 Å². The number of aryl methyl sites for hydroxylation is 1. The maximum absolute atomic E-state index is 11.9. The molecule has 0 spiro atoms. The number of nitrogens with one attached hydrogen (secondary N) is 3. The molecule has 0 saturated heterocycles. The zero-order chi connectivity index (χ0) is 19.1. The average molecular weight is 377 g/mol. The van der Waals surface area contributed by atoms with Crippen LogP contribution < -0.4 is 16.0 Å². The van der Waals surface area contributed by atoms with Gasteiger partial charge in [0, 0.05) is 23.1 Å². The second-order valence-electron chi connectivity index (χ2n) is 5.79. The second-order valence-corrected chi connectivity index (χ2v) is 6.20. The van der Waals surface area contributed by atoms with Gasteiger partial charge in [-0.15, -0.1) is 0 Å². The molecule has 27 heavy (non-hydrogen) atoms. The number of amides is 1. The minimum atomic E-state index is -0.330. The summed E-state index contributed by atoms with van der Waals surface area (Å²) in [5.74, 6) is 1.07. The van der Waals surface area contributed by atoms with E-state index in [1.165, 1.54) is 6.08 Å². The number of carbonyl (C=O) groups excluding carboxylic acids is 1. The highest BCUT2D eigenvalue weighted by atomic mass is 32.1. The number of hydrogen-bond acceptors (Lipinski definition) is 4. The Labute approximate surface area is 163 Å². The monoisotopic (exact) mass is 377 g/mol. The van der Waals surface area contributed by atoms with Crippen LogP contribution in [0.4, 0.5) is 17.1 Å². The van der Waals surface area contributed by atoms with Gasteiger partial charge >= 0.3 is 0 Å². The van der Waals surface area contributed by atoms with Gasteiger partial charge in [-0.05, 0) is 73.7 Å². The van der Waals surface area contributed by atoms with Gasteiger partial charge in [-0.3, -0.25) is 10.1 Å². The van der Waals surface area contributed by atoms with E-state index in [2.05, 4.69) is 16.0 Å². The van der Waals surface area contributed by atoms with Gasteiger partial charge in [0.05, 0.1) is 0 Å². The van der Waals surface area contributed by atoms with Crippen molar-refractivity contribution in [1.82, 2.24) is 5.32 Å². The summed E-state index contributed by atoms with van der Waals surface area (Å²) in [6.07, 6.45) is 2.97. The normalized spacial score (nSPS) is 10.6. The first-order valence-electron chi connectivity index (χ1n) is 8.37. The third-order valence-corrected chi connectivity index (χ3v) is 3.81. The lowest BCUT2D eigenvalue weighted by Crippen LogP contribution is -2.32. The Kier molecular flexibility index (Phi) is 6.02. The van der Waals surface area contributed by atoms with E-state index in [1.54, 1.807) is 12.1 Å². The molecule has 0 atom stereocenters. The third-order valence-electron chi connectivity index (χ3n) is 3.60. The van der Waals surface area contributed by atoms with Crippen LogP contribution in [0.1, 0.15) is 11.5 Å². The largest absolute Gasteiger partial charge is 0.462 e. The molecule has 136 valence electrons. The molecule has 0 bridgehead atoms. The molecule has 0 aliphatic rings. The molecule has 1 amide bonds. The lowest BCUT2D eigenvalue weighted by Gasteiger charge is -2.10. The third kappa shape index (κ3) is 5.83. The van der Waals surface area contributed by atoms with Gasteiger partial charge in [0.2, 0.25) is 5.91 Å². The smallest absolute Gasteiger partial charge is 0.250 e. The van der Waals surface area contributed by atoms with Gasteiger partial charge in [0.25, 0.3) is 0 Å². The highest BCUT2D eigenvalue weighted by Crippen LogP contribution is 2.18. The molecular formula is C21H19N3O2S. The van der Waals surface area contributed by atoms with Crippen LogP contribution in [0.5, 0.6) is 0 Å². The Balaban J connectivity index is 1.50. The Morgan fingerprint density at radius 1 is 0.926 bits per heavy atom. The molecular weight excluding hydrogens is 358 g/mol. The van der Waals surface area contributed by atoms with Crippen molar-refractivity contribution in [2.45, 2.75) is 6.92 Å². The fourth-order valence-electron chi connectivity index (χ4n) is 2.34. The summed E-state index contributed by atoms with van der Waals surface area (Å²) in [4.78, 5) is 11.9. The quantitative estimate of drug-likeness (QED) is 0.438. The number of hydrogen-bond donors (Lipinski definition) is 3. The van der Waals surface area contributed by atoms with E-state index in [1.807, 2.05) is 67.6 Å². The highest BCUT2D eigenvalue weighted by molar-refractivity contribution is 7.80. The summed E-state index contributed by atoms with van der Waals surface area (Å²) in [5.41, 5.74) is 2.75. The van der Waals surface area contributed by atoms with Crippen molar-refractivity contribution in [3.63, 3.8) is 0 Å². The minimum absolute atomic E-state index is 0.226. The summed E-state index contributed by atoms with van der Waals surface area (Å²) in [6.45, 7) is 1.84. The van der Waals surface area contributed by atoms with Crippen molar-refractivity contribution in [3.8, 4) is 0 Å². The number of anilines is 3. The van der Waals surface area contributed by atoms with Crippen LogP contribution in [-0.2, 0) is 4.79 Å². The molecule has 1 heterocycles. The molecule has 2 aromatic carbocycles. The van der Waals surface area contributed by atoms with Crippen LogP contribution in [-0.4, -0.2) is 11.0 Å². The molecule has 3 aromatic rings. The predicted molar refractivity (Wildman–Crippen MR) is 113 cm³/mol. The van der Waals surface area contributed by atoms with Crippen LogP contribution in [0.15, 0.2) is 77.2 Å². The fraction of sp³-hybridized carbons (Fsp3) is 0.0476. The van der Waals surface area contributed by atoms with Crippen LogP contribution >= 0.6 is 12.2 Å². The molecule has 1 aromatic heterocycles. The van der Waals surface area contributed by atoms with Gasteiger partial charge in [-0.1, -0.05) is 18.2 Å². The molecule has 0 radical (unpaired) electrons. The van der Waals surface area contributed by atoms with E-state index in [0.29, 0.717) is 5.76 Å². The SMILES string of the molecule is Cc1ccc(/C=C/C(=O)NC(=S)Nc2ccc(Nc3ccccc3)cc2)o1. The van der Waals surface area contributed by atoms with Crippen LogP contribution in [0.2, 0.25) is 0 Å². The molecule has 0 saturated carbocycles. The van der Waals surface area contributed by atoms with Crippen molar-refractivity contribution in [2.24, 2.45) is 0 Å². The lowest BCUT2D eigenvalue weighted by atomic mass is 10.2. The fourth-order valence-corrected chi connectivity index (χ4v) is 2.56. The molecule has 3 rings (SSSR count). The standard InChI is InChI=1S/C21H19N3O2S/c1-15-7-12-19(26-15)13-14-20(25)24-21(27)23-18-10-8-17(9-11-18)22-16-5-3-2-4-6-16/h2-14,22H,1H3,(H2,23,24,25,27)/b14-13+. The number of carbonyl (C=O) groups is 1. The van der Waals surface area contributed by atoms with Crippen molar-refractivity contribution >= 4 is 46.4 Å². The molecule has 0 aliphatic heterocycles. The van der Waals surface area contributed by atoms with Gasteiger partial charge in [-0.2, -0.15) is 0 Å². The Hall–Kier alpha value is -3.38. The molecule has 3 N–H and O–H groups in total. The van der Waals surface area contributed by atoms with Crippen LogP contribution in [0.25, 0.3) is 6.08 Å². The predicted octanol–water partition coefficient (Wildman–Crippen LogP) is 4.86. The molecule has 0 aliphatic carbocycles. The van der Waals surface area contributed by atoms with E-state index in [9.17, 15) is 4.79 Å². The van der Waals surface area contributed by atoms with Gasteiger partial charge < -0.3 is 15.1 Å². The van der Waals surface area contributed by atoms with E-state index in [4.69, 9.17) is 16.6 Å². The highest BCUT2D eigenvalue weighted by Gasteiger charge is 2.03. The first-order valence-corrected chi connectivity index (χ1v) is 8.78.